The van der Waals surface area contributed by atoms with Crippen molar-refractivity contribution in [2.24, 2.45) is 0 Å². The minimum atomic E-state index is 0.597. The molecule has 27 heavy (non-hydrogen) atoms. The van der Waals surface area contributed by atoms with Crippen molar-refractivity contribution >= 4 is 5.65 Å². The summed E-state index contributed by atoms with van der Waals surface area (Å²) in [7, 11) is 4.87. The lowest BCUT2D eigenvalue weighted by atomic mass is 10.1. The molecule has 2 aromatic heterocycles. The summed E-state index contributed by atoms with van der Waals surface area (Å²) in [6.07, 6.45) is 0. The van der Waals surface area contributed by atoms with Crippen molar-refractivity contribution in [3.8, 4) is 39.9 Å². The normalized spacial score (nSPS) is 10.8. The predicted molar refractivity (Wildman–Crippen MR) is 101 cm³/mol. The Bertz CT molecular complexity index is 1090. The van der Waals surface area contributed by atoms with Crippen LogP contribution in [0.1, 0.15) is 0 Å². The molecule has 0 bridgehead atoms. The van der Waals surface area contributed by atoms with Gasteiger partial charge in [-0.3, -0.25) is 0 Å². The van der Waals surface area contributed by atoms with Crippen molar-refractivity contribution in [3.05, 3.63) is 54.6 Å². The van der Waals surface area contributed by atoms with Gasteiger partial charge >= 0.3 is 0 Å². The third-order valence-electron chi connectivity index (χ3n) is 4.30. The van der Waals surface area contributed by atoms with Gasteiger partial charge in [-0.05, 0) is 48.5 Å². The van der Waals surface area contributed by atoms with Crippen LogP contribution >= 0.6 is 0 Å². The van der Waals surface area contributed by atoms with Crippen LogP contribution in [0.5, 0.6) is 17.2 Å². The monoisotopic (exact) mass is 362 g/mol. The highest BCUT2D eigenvalue weighted by Crippen LogP contribution is 2.32. The number of nitrogens with zero attached hydrogens (tertiary/aromatic N) is 4. The molecular formula is C20H18N4O3. The van der Waals surface area contributed by atoms with E-state index < -0.39 is 0 Å². The van der Waals surface area contributed by atoms with E-state index in [0.29, 0.717) is 23.0 Å². The lowest BCUT2D eigenvalue weighted by Crippen LogP contribution is -1.99. The van der Waals surface area contributed by atoms with Crippen LogP contribution in [0, 0.1) is 0 Å². The van der Waals surface area contributed by atoms with E-state index in [1.807, 2.05) is 54.6 Å². The number of hydrogen-bond acceptors (Lipinski definition) is 6. The van der Waals surface area contributed by atoms with Gasteiger partial charge in [0.05, 0.1) is 32.6 Å². The standard InChI is InChI=1S/C20H18N4O3/c1-25-14-6-4-13(5-7-14)17-10-11-19-21-22-20(24(19)23-17)16-9-8-15(26-2)12-18(16)27-3/h4-12H,1-3H3. The second-order valence-electron chi connectivity index (χ2n) is 5.81. The van der Waals surface area contributed by atoms with Gasteiger partial charge in [-0.1, -0.05) is 0 Å². The van der Waals surface area contributed by atoms with Crippen molar-refractivity contribution in [2.45, 2.75) is 0 Å². The maximum Gasteiger partial charge on any atom is 0.189 e. The highest BCUT2D eigenvalue weighted by molar-refractivity contribution is 5.69. The molecule has 0 spiro atoms. The summed E-state index contributed by atoms with van der Waals surface area (Å²) in [5.74, 6) is 2.74. The molecule has 2 heterocycles. The summed E-state index contributed by atoms with van der Waals surface area (Å²) < 4.78 is 17.7. The molecule has 7 heteroatoms. The molecule has 0 unspecified atom stereocenters. The highest BCUT2D eigenvalue weighted by Gasteiger charge is 2.16. The van der Waals surface area contributed by atoms with Crippen LogP contribution in [-0.2, 0) is 0 Å². The molecule has 0 saturated heterocycles. The Balaban J connectivity index is 1.83. The minimum absolute atomic E-state index is 0.597. The lowest BCUT2D eigenvalue weighted by Gasteiger charge is -2.09. The molecular weight excluding hydrogens is 344 g/mol. The Hall–Kier alpha value is -3.61. The van der Waals surface area contributed by atoms with E-state index in [-0.39, 0.29) is 0 Å². The van der Waals surface area contributed by atoms with Gasteiger partial charge in [0.25, 0.3) is 0 Å². The summed E-state index contributed by atoms with van der Waals surface area (Å²) in [4.78, 5) is 0. The number of aromatic nitrogens is 4. The quantitative estimate of drug-likeness (QED) is 0.541. The molecule has 4 rings (SSSR count). The molecule has 0 atom stereocenters. The minimum Gasteiger partial charge on any atom is -0.497 e. The first kappa shape index (κ1) is 16.8. The van der Waals surface area contributed by atoms with E-state index in [1.165, 1.54) is 0 Å². The Morgan fingerprint density at radius 2 is 1.48 bits per heavy atom. The van der Waals surface area contributed by atoms with Crippen molar-refractivity contribution < 1.29 is 14.2 Å². The van der Waals surface area contributed by atoms with Gasteiger partial charge in [-0.25, -0.2) is 0 Å². The summed E-state index contributed by atoms with van der Waals surface area (Å²) in [5, 5.41) is 13.2. The van der Waals surface area contributed by atoms with Crippen LogP contribution in [0.15, 0.2) is 54.6 Å². The van der Waals surface area contributed by atoms with Crippen molar-refractivity contribution in [2.75, 3.05) is 21.3 Å². The maximum absolute atomic E-state index is 5.50. The fraction of sp³-hybridized carbons (Fsp3) is 0.150. The fourth-order valence-electron chi connectivity index (χ4n) is 2.86. The number of fused-ring (bicyclic) bond motifs is 1. The number of ether oxygens (including phenoxy) is 3. The van der Waals surface area contributed by atoms with Crippen LogP contribution in [0.3, 0.4) is 0 Å². The zero-order valence-corrected chi connectivity index (χ0v) is 15.2. The van der Waals surface area contributed by atoms with Gasteiger partial charge in [-0.2, -0.15) is 9.61 Å². The molecule has 2 aromatic carbocycles. The van der Waals surface area contributed by atoms with E-state index >= 15 is 0 Å². The topological polar surface area (TPSA) is 70.8 Å². The molecule has 0 aliphatic rings. The molecule has 4 aromatic rings. The van der Waals surface area contributed by atoms with E-state index in [0.717, 1.165) is 22.6 Å². The van der Waals surface area contributed by atoms with Crippen molar-refractivity contribution in [1.82, 2.24) is 19.8 Å². The molecule has 0 aliphatic heterocycles. The van der Waals surface area contributed by atoms with Gasteiger partial charge in [0.2, 0.25) is 0 Å². The maximum atomic E-state index is 5.50. The fourth-order valence-corrected chi connectivity index (χ4v) is 2.86. The van der Waals surface area contributed by atoms with Crippen LogP contribution in [0.2, 0.25) is 0 Å². The van der Waals surface area contributed by atoms with Crippen LogP contribution in [0.25, 0.3) is 28.3 Å². The molecule has 0 radical (unpaired) electrons. The first-order valence-electron chi connectivity index (χ1n) is 8.33. The first-order valence-corrected chi connectivity index (χ1v) is 8.33. The van der Waals surface area contributed by atoms with Crippen LogP contribution in [0.4, 0.5) is 0 Å². The summed E-state index contributed by atoms with van der Waals surface area (Å²) >= 11 is 0. The largest absolute Gasteiger partial charge is 0.497 e. The third kappa shape index (κ3) is 3.03. The van der Waals surface area contributed by atoms with Crippen LogP contribution in [-0.4, -0.2) is 41.1 Å². The molecule has 0 saturated carbocycles. The smallest absolute Gasteiger partial charge is 0.189 e. The predicted octanol–water partition coefficient (Wildman–Crippen LogP) is 3.48. The second-order valence-corrected chi connectivity index (χ2v) is 5.81. The van der Waals surface area contributed by atoms with E-state index in [1.54, 1.807) is 25.8 Å². The summed E-state index contributed by atoms with van der Waals surface area (Å²) in [6, 6.07) is 17.1. The molecule has 0 fully saturated rings. The summed E-state index contributed by atoms with van der Waals surface area (Å²) in [6.45, 7) is 0. The zero-order valence-electron chi connectivity index (χ0n) is 15.2. The SMILES string of the molecule is COc1ccc(-c2ccc3nnc(-c4ccc(OC)cc4OC)n3n2)cc1. The lowest BCUT2D eigenvalue weighted by molar-refractivity contribution is 0.395. The Labute approximate surface area is 156 Å². The molecule has 0 amide bonds. The number of benzene rings is 2. The number of methoxy groups -OCH3 is 3. The van der Waals surface area contributed by atoms with E-state index in [2.05, 4.69) is 10.2 Å². The number of hydrogen-bond donors (Lipinski definition) is 0. The zero-order chi connectivity index (χ0) is 18.8. The Kier molecular flexibility index (Phi) is 4.33. The van der Waals surface area contributed by atoms with Gasteiger partial charge in [0, 0.05) is 11.6 Å². The average molecular weight is 362 g/mol. The average Bonchev–Trinajstić information content (AvgIpc) is 3.16. The molecule has 136 valence electrons. The second kappa shape index (κ2) is 6.95. The van der Waals surface area contributed by atoms with Crippen molar-refractivity contribution in [1.29, 1.82) is 0 Å². The Morgan fingerprint density at radius 1 is 0.741 bits per heavy atom. The molecule has 7 nitrogen and oxygen atoms in total. The van der Waals surface area contributed by atoms with Gasteiger partial charge in [0.1, 0.15) is 17.2 Å². The third-order valence-corrected chi connectivity index (χ3v) is 4.30. The van der Waals surface area contributed by atoms with Gasteiger partial charge in [-0.15, -0.1) is 10.2 Å². The Morgan fingerprint density at radius 3 is 2.19 bits per heavy atom. The van der Waals surface area contributed by atoms with Gasteiger partial charge in [0.15, 0.2) is 11.5 Å². The van der Waals surface area contributed by atoms with Crippen LogP contribution < -0.4 is 14.2 Å². The molecule has 0 aliphatic carbocycles. The first-order chi connectivity index (χ1) is 13.2. The van der Waals surface area contributed by atoms with Gasteiger partial charge < -0.3 is 14.2 Å². The molecule has 0 N–H and O–H groups in total. The van der Waals surface area contributed by atoms with E-state index in [9.17, 15) is 0 Å². The summed E-state index contributed by atoms with van der Waals surface area (Å²) in [5.41, 5.74) is 3.21. The van der Waals surface area contributed by atoms with Crippen molar-refractivity contribution in [3.63, 3.8) is 0 Å². The highest BCUT2D eigenvalue weighted by atomic mass is 16.5. The number of rotatable bonds is 5. The van der Waals surface area contributed by atoms with E-state index in [4.69, 9.17) is 19.3 Å².